The van der Waals surface area contributed by atoms with Gasteiger partial charge in [-0.2, -0.15) is 0 Å². The number of anilines is 1. The number of para-hydroxylation sites is 2. The Hall–Kier alpha value is -3.14. The molecule has 2 aromatic carbocycles. The van der Waals surface area contributed by atoms with Crippen LogP contribution in [0.5, 0.6) is 11.6 Å². The third-order valence-corrected chi connectivity index (χ3v) is 2.99. The van der Waals surface area contributed by atoms with Gasteiger partial charge >= 0.3 is 0 Å². The second-order valence-electron chi connectivity index (χ2n) is 4.62. The molecule has 0 radical (unpaired) electrons. The molecule has 0 bridgehead atoms. The maximum absolute atomic E-state index is 12.2. The molecule has 3 aromatic rings. The van der Waals surface area contributed by atoms with Crippen molar-refractivity contribution in [1.82, 2.24) is 4.98 Å². The first-order valence-electron chi connectivity index (χ1n) is 6.86. The lowest BCUT2D eigenvalue weighted by Gasteiger charge is -2.07. The van der Waals surface area contributed by atoms with Gasteiger partial charge in [0.1, 0.15) is 5.75 Å². The molecule has 0 spiro atoms. The number of pyridine rings is 1. The Labute approximate surface area is 128 Å². The van der Waals surface area contributed by atoms with Gasteiger partial charge in [-0.1, -0.05) is 36.4 Å². The molecule has 108 valence electrons. The highest BCUT2D eigenvalue weighted by Gasteiger charge is 2.08. The van der Waals surface area contributed by atoms with E-state index in [1.165, 1.54) is 0 Å². The van der Waals surface area contributed by atoms with E-state index in [0.29, 0.717) is 17.2 Å². The Balaban J connectivity index is 1.75. The van der Waals surface area contributed by atoms with Crippen LogP contribution in [0.3, 0.4) is 0 Å². The minimum absolute atomic E-state index is 0.202. The molecule has 1 N–H and O–H groups in total. The fraction of sp³-hybridized carbons (Fsp3) is 0. The number of nitrogens with one attached hydrogen (secondary N) is 1. The topological polar surface area (TPSA) is 51.2 Å². The van der Waals surface area contributed by atoms with Crippen LogP contribution < -0.4 is 10.1 Å². The zero-order valence-corrected chi connectivity index (χ0v) is 11.8. The number of benzene rings is 2. The van der Waals surface area contributed by atoms with Crippen molar-refractivity contribution in [2.75, 3.05) is 5.32 Å². The van der Waals surface area contributed by atoms with Crippen LogP contribution >= 0.6 is 0 Å². The van der Waals surface area contributed by atoms with E-state index in [4.69, 9.17) is 4.74 Å². The summed E-state index contributed by atoms with van der Waals surface area (Å²) in [5, 5.41) is 2.83. The molecule has 0 aliphatic heterocycles. The summed E-state index contributed by atoms with van der Waals surface area (Å²) in [5.41, 5.74) is 1.24. The van der Waals surface area contributed by atoms with Crippen molar-refractivity contribution in [2.24, 2.45) is 0 Å². The van der Waals surface area contributed by atoms with Crippen molar-refractivity contribution in [3.63, 3.8) is 0 Å². The molecular formula is C18H14N2O2. The summed E-state index contributed by atoms with van der Waals surface area (Å²) in [6.45, 7) is 0. The van der Waals surface area contributed by atoms with E-state index >= 15 is 0 Å². The lowest BCUT2D eigenvalue weighted by Crippen LogP contribution is -2.11. The summed E-state index contributed by atoms with van der Waals surface area (Å²) in [5.74, 6) is 0.856. The first kappa shape index (κ1) is 13.8. The number of hydrogen-bond acceptors (Lipinski definition) is 3. The molecule has 1 heterocycles. The van der Waals surface area contributed by atoms with Crippen LogP contribution in [0.15, 0.2) is 79.0 Å². The molecule has 22 heavy (non-hydrogen) atoms. The minimum Gasteiger partial charge on any atom is -0.439 e. The third kappa shape index (κ3) is 3.49. The Morgan fingerprint density at radius 3 is 2.32 bits per heavy atom. The second-order valence-corrected chi connectivity index (χ2v) is 4.62. The van der Waals surface area contributed by atoms with Gasteiger partial charge in [0.25, 0.3) is 5.91 Å². The van der Waals surface area contributed by atoms with E-state index in [2.05, 4.69) is 10.3 Å². The Morgan fingerprint density at radius 2 is 1.59 bits per heavy atom. The van der Waals surface area contributed by atoms with Crippen molar-refractivity contribution in [3.8, 4) is 11.6 Å². The summed E-state index contributed by atoms with van der Waals surface area (Å²) in [6.07, 6.45) is 1.55. The summed E-state index contributed by atoms with van der Waals surface area (Å²) < 4.78 is 5.63. The lowest BCUT2D eigenvalue weighted by molar-refractivity contribution is 0.102. The largest absolute Gasteiger partial charge is 0.439 e. The highest BCUT2D eigenvalue weighted by Crippen LogP contribution is 2.19. The standard InChI is InChI=1S/C18H14N2O2/c21-18(20-15-7-3-1-4-8-15)14-11-12-19-17(13-14)22-16-9-5-2-6-10-16/h1-13H,(H,20,21). The Bertz CT molecular complexity index is 758. The van der Waals surface area contributed by atoms with E-state index in [9.17, 15) is 4.79 Å². The summed E-state index contributed by atoms with van der Waals surface area (Å²) in [4.78, 5) is 16.3. The first-order valence-corrected chi connectivity index (χ1v) is 6.86. The fourth-order valence-electron chi connectivity index (χ4n) is 1.94. The predicted octanol–water partition coefficient (Wildman–Crippen LogP) is 4.13. The highest BCUT2D eigenvalue weighted by molar-refractivity contribution is 6.04. The lowest BCUT2D eigenvalue weighted by atomic mass is 10.2. The minimum atomic E-state index is -0.202. The molecule has 0 saturated carbocycles. The van der Waals surface area contributed by atoms with Gasteiger partial charge in [-0.25, -0.2) is 4.98 Å². The van der Waals surface area contributed by atoms with E-state index < -0.39 is 0 Å². The molecule has 1 aromatic heterocycles. The zero-order chi connectivity index (χ0) is 15.2. The number of nitrogens with zero attached hydrogens (tertiary/aromatic N) is 1. The quantitative estimate of drug-likeness (QED) is 0.786. The average molecular weight is 290 g/mol. The molecule has 4 heteroatoms. The van der Waals surface area contributed by atoms with Crippen LogP contribution in [0.25, 0.3) is 0 Å². The van der Waals surface area contributed by atoms with Crippen LogP contribution in [0, 0.1) is 0 Å². The van der Waals surface area contributed by atoms with E-state index in [-0.39, 0.29) is 5.91 Å². The summed E-state index contributed by atoms with van der Waals surface area (Å²) in [7, 11) is 0. The number of amides is 1. The van der Waals surface area contributed by atoms with E-state index in [1.807, 2.05) is 60.7 Å². The van der Waals surface area contributed by atoms with Gasteiger partial charge in [0.2, 0.25) is 5.88 Å². The molecule has 0 aliphatic carbocycles. The molecule has 0 unspecified atom stereocenters. The normalized spacial score (nSPS) is 10.0. The molecular weight excluding hydrogens is 276 g/mol. The molecule has 0 saturated heterocycles. The summed E-state index contributed by atoms with van der Waals surface area (Å²) in [6, 6.07) is 21.9. The number of carbonyl (C=O) groups is 1. The van der Waals surface area contributed by atoms with Gasteiger partial charge in [0, 0.05) is 23.5 Å². The molecule has 3 rings (SSSR count). The van der Waals surface area contributed by atoms with Gasteiger partial charge in [-0.3, -0.25) is 4.79 Å². The van der Waals surface area contributed by atoms with E-state index in [0.717, 1.165) is 5.69 Å². The fourth-order valence-corrected chi connectivity index (χ4v) is 1.94. The number of carbonyl (C=O) groups excluding carboxylic acids is 1. The maximum atomic E-state index is 12.2. The van der Waals surface area contributed by atoms with Gasteiger partial charge in [0.15, 0.2) is 0 Å². The van der Waals surface area contributed by atoms with Gasteiger partial charge < -0.3 is 10.1 Å². The van der Waals surface area contributed by atoms with Crippen molar-refractivity contribution < 1.29 is 9.53 Å². The van der Waals surface area contributed by atoms with Crippen molar-refractivity contribution >= 4 is 11.6 Å². The molecule has 4 nitrogen and oxygen atoms in total. The second kappa shape index (κ2) is 6.54. The number of rotatable bonds is 4. The smallest absolute Gasteiger partial charge is 0.255 e. The van der Waals surface area contributed by atoms with Gasteiger partial charge in [-0.05, 0) is 30.3 Å². The van der Waals surface area contributed by atoms with Gasteiger partial charge in [0.05, 0.1) is 0 Å². The zero-order valence-electron chi connectivity index (χ0n) is 11.8. The Kier molecular flexibility index (Phi) is 4.11. The SMILES string of the molecule is O=C(Nc1ccccc1)c1ccnc(Oc2ccccc2)c1. The van der Waals surface area contributed by atoms with Crippen molar-refractivity contribution in [3.05, 3.63) is 84.6 Å². The van der Waals surface area contributed by atoms with Crippen LogP contribution in [0.4, 0.5) is 5.69 Å². The molecule has 0 atom stereocenters. The van der Waals surface area contributed by atoms with E-state index in [1.54, 1.807) is 18.3 Å². The van der Waals surface area contributed by atoms with Crippen molar-refractivity contribution in [2.45, 2.75) is 0 Å². The molecule has 1 amide bonds. The third-order valence-electron chi connectivity index (χ3n) is 2.99. The molecule has 0 aliphatic rings. The van der Waals surface area contributed by atoms with Crippen LogP contribution in [0.2, 0.25) is 0 Å². The Morgan fingerprint density at radius 1 is 0.909 bits per heavy atom. The first-order chi connectivity index (χ1) is 10.8. The predicted molar refractivity (Wildman–Crippen MR) is 85.1 cm³/mol. The van der Waals surface area contributed by atoms with Gasteiger partial charge in [-0.15, -0.1) is 0 Å². The summed E-state index contributed by atoms with van der Waals surface area (Å²) >= 11 is 0. The van der Waals surface area contributed by atoms with Crippen LogP contribution in [0.1, 0.15) is 10.4 Å². The number of aromatic nitrogens is 1. The maximum Gasteiger partial charge on any atom is 0.255 e. The van der Waals surface area contributed by atoms with Crippen LogP contribution in [-0.2, 0) is 0 Å². The van der Waals surface area contributed by atoms with Crippen LogP contribution in [-0.4, -0.2) is 10.9 Å². The highest BCUT2D eigenvalue weighted by atomic mass is 16.5. The average Bonchev–Trinajstić information content (AvgIpc) is 2.57. The number of hydrogen-bond donors (Lipinski definition) is 1. The van der Waals surface area contributed by atoms with Crippen molar-refractivity contribution in [1.29, 1.82) is 0 Å². The monoisotopic (exact) mass is 290 g/mol. The number of ether oxygens (including phenoxy) is 1. The molecule has 0 fully saturated rings.